The summed E-state index contributed by atoms with van der Waals surface area (Å²) in [5, 5.41) is 10.4. The number of nitrogens with one attached hydrogen (secondary N) is 2. The number of nitrogens with zero attached hydrogens (tertiary/aromatic N) is 2. The first-order valence-electron chi connectivity index (χ1n) is 6.90. The van der Waals surface area contributed by atoms with Crippen molar-refractivity contribution >= 4 is 29.7 Å². The molecule has 1 heterocycles. The molecule has 1 amide bonds. The Morgan fingerprint density at radius 2 is 1.87 bits per heavy atom. The number of para-hydroxylation sites is 1. The summed E-state index contributed by atoms with van der Waals surface area (Å²) in [6.45, 7) is 0.253. The second kappa shape index (κ2) is 6.76. The molecule has 2 aromatic carbocycles. The van der Waals surface area contributed by atoms with E-state index in [0.717, 1.165) is 5.69 Å². The van der Waals surface area contributed by atoms with Gasteiger partial charge in [-0.2, -0.15) is 5.10 Å². The lowest BCUT2D eigenvalue weighted by atomic mass is 10.2. The molecule has 0 aliphatic rings. The Labute approximate surface area is 142 Å². The molecule has 0 saturated heterocycles. The smallest absolute Gasteiger partial charge is 0.251 e. The normalized spacial score (nSPS) is 10.5. The predicted octanol–water partition coefficient (Wildman–Crippen LogP) is 3.51. The van der Waals surface area contributed by atoms with Crippen LogP contribution in [0, 0.1) is 4.77 Å². The lowest BCUT2D eigenvalue weighted by molar-refractivity contribution is 0.0949. The largest absolute Gasteiger partial charge is 0.345 e. The number of hydrogen-bond acceptors (Lipinski definition) is 3. The Balaban J connectivity index is 1.78. The highest BCUT2D eigenvalue weighted by Crippen LogP contribution is 2.12. The number of halogens is 1. The molecule has 3 rings (SSSR count). The van der Waals surface area contributed by atoms with Crippen LogP contribution in [-0.2, 0) is 6.54 Å². The van der Waals surface area contributed by atoms with E-state index < -0.39 is 0 Å². The summed E-state index contributed by atoms with van der Waals surface area (Å²) in [7, 11) is 0. The van der Waals surface area contributed by atoms with E-state index in [1.54, 1.807) is 28.8 Å². The number of benzene rings is 2. The summed E-state index contributed by atoms with van der Waals surface area (Å²) >= 11 is 11.1. The third kappa shape index (κ3) is 3.49. The van der Waals surface area contributed by atoms with Crippen molar-refractivity contribution in [2.45, 2.75) is 6.54 Å². The molecule has 1 aromatic heterocycles. The fourth-order valence-corrected chi connectivity index (χ4v) is 2.54. The lowest BCUT2D eigenvalue weighted by Crippen LogP contribution is -2.24. The van der Waals surface area contributed by atoms with E-state index in [1.807, 2.05) is 30.3 Å². The number of carbonyl (C=O) groups excluding carboxylic acids is 1. The molecule has 23 heavy (non-hydrogen) atoms. The van der Waals surface area contributed by atoms with Gasteiger partial charge in [0.05, 0.1) is 6.54 Å². The van der Waals surface area contributed by atoms with Crippen molar-refractivity contribution < 1.29 is 4.79 Å². The maximum Gasteiger partial charge on any atom is 0.251 e. The minimum Gasteiger partial charge on any atom is -0.345 e. The van der Waals surface area contributed by atoms with Gasteiger partial charge in [0.2, 0.25) is 0 Å². The average Bonchev–Trinajstić information content (AvgIpc) is 2.95. The molecule has 0 radical (unpaired) electrons. The summed E-state index contributed by atoms with van der Waals surface area (Å²) in [6.07, 6.45) is 0. The van der Waals surface area contributed by atoms with Crippen LogP contribution < -0.4 is 5.32 Å². The topological polar surface area (TPSA) is 62.7 Å². The summed E-state index contributed by atoms with van der Waals surface area (Å²) in [5.41, 5.74) is 1.43. The molecule has 0 fully saturated rings. The van der Waals surface area contributed by atoms with Crippen LogP contribution in [0.15, 0.2) is 54.6 Å². The number of H-pyrrole nitrogens is 1. The molecule has 0 saturated carbocycles. The monoisotopic (exact) mass is 344 g/mol. The number of hydrogen-bond donors (Lipinski definition) is 2. The minimum absolute atomic E-state index is 0.199. The van der Waals surface area contributed by atoms with E-state index >= 15 is 0 Å². The molecular formula is C16H13ClN4OS. The first-order chi connectivity index (χ1) is 11.1. The number of aromatic nitrogens is 3. The number of rotatable bonds is 4. The van der Waals surface area contributed by atoms with Crippen LogP contribution in [0.25, 0.3) is 5.69 Å². The third-order valence-electron chi connectivity index (χ3n) is 3.27. The van der Waals surface area contributed by atoms with Gasteiger partial charge in [-0.05, 0) is 48.6 Å². The van der Waals surface area contributed by atoms with E-state index in [4.69, 9.17) is 23.8 Å². The molecular weight excluding hydrogens is 332 g/mol. The van der Waals surface area contributed by atoms with Gasteiger partial charge in [-0.3, -0.25) is 14.5 Å². The van der Waals surface area contributed by atoms with E-state index in [9.17, 15) is 4.79 Å². The Morgan fingerprint density at radius 3 is 2.57 bits per heavy atom. The van der Waals surface area contributed by atoms with Crippen molar-refractivity contribution in [3.05, 3.63) is 75.8 Å². The van der Waals surface area contributed by atoms with Crippen LogP contribution in [0.4, 0.5) is 0 Å². The van der Waals surface area contributed by atoms with Gasteiger partial charge in [-0.1, -0.05) is 29.8 Å². The molecule has 0 aliphatic carbocycles. The van der Waals surface area contributed by atoms with Crippen molar-refractivity contribution in [3.63, 3.8) is 0 Å². The predicted molar refractivity (Wildman–Crippen MR) is 91.4 cm³/mol. The van der Waals surface area contributed by atoms with Crippen LogP contribution in [0.3, 0.4) is 0 Å². The highest BCUT2D eigenvalue weighted by atomic mass is 35.5. The summed E-state index contributed by atoms with van der Waals surface area (Å²) < 4.78 is 2.27. The third-order valence-corrected chi connectivity index (χ3v) is 3.80. The van der Waals surface area contributed by atoms with E-state index in [1.165, 1.54) is 0 Å². The molecule has 5 nitrogen and oxygen atoms in total. The number of amides is 1. The number of aromatic amines is 1. The summed E-state index contributed by atoms with van der Waals surface area (Å²) in [5.74, 6) is 0.429. The maximum atomic E-state index is 12.2. The lowest BCUT2D eigenvalue weighted by Gasteiger charge is -2.08. The molecule has 0 spiro atoms. The van der Waals surface area contributed by atoms with Crippen LogP contribution in [0.5, 0.6) is 0 Å². The SMILES string of the molecule is O=C(NCc1n[nH]c(=S)n1-c1ccccc1)c1ccc(Cl)cc1. The Hall–Kier alpha value is -2.44. The summed E-state index contributed by atoms with van der Waals surface area (Å²) in [6, 6.07) is 16.3. The van der Waals surface area contributed by atoms with Crippen LogP contribution in [-0.4, -0.2) is 20.7 Å². The van der Waals surface area contributed by atoms with Crippen molar-refractivity contribution in [2.24, 2.45) is 0 Å². The van der Waals surface area contributed by atoms with Crippen LogP contribution >= 0.6 is 23.8 Å². The molecule has 3 aromatic rings. The van der Waals surface area contributed by atoms with Crippen molar-refractivity contribution in [2.75, 3.05) is 0 Å². The zero-order valence-corrected chi connectivity index (χ0v) is 13.6. The molecule has 0 atom stereocenters. The van der Waals surface area contributed by atoms with Gasteiger partial charge in [0.1, 0.15) is 0 Å². The van der Waals surface area contributed by atoms with Gasteiger partial charge < -0.3 is 5.32 Å². The molecule has 0 aliphatic heterocycles. The quantitative estimate of drug-likeness (QED) is 0.712. The molecule has 116 valence electrons. The maximum absolute atomic E-state index is 12.2. The molecule has 0 bridgehead atoms. The first kappa shape index (κ1) is 15.5. The van der Waals surface area contributed by atoms with Gasteiger partial charge in [0, 0.05) is 16.3 Å². The van der Waals surface area contributed by atoms with Crippen molar-refractivity contribution in [1.82, 2.24) is 20.1 Å². The Kier molecular flexibility index (Phi) is 4.55. The number of carbonyl (C=O) groups is 1. The first-order valence-corrected chi connectivity index (χ1v) is 7.69. The Morgan fingerprint density at radius 1 is 1.17 bits per heavy atom. The van der Waals surface area contributed by atoms with Crippen LogP contribution in [0.2, 0.25) is 5.02 Å². The van der Waals surface area contributed by atoms with Gasteiger partial charge >= 0.3 is 0 Å². The zero-order valence-electron chi connectivity index (χ0n) is 12.0. The van der Waals surface area contributed by atoms with Gasteiger partial charge in [-0.15, -0.1) is 0 Å². The fraction of sp³-hybridized carbons (Fsp3) is 0.0625. The second-order valence-corrected chi connectivity index (χ2v) is 5.63. The Bertz CT molecular complexity index is 871. The van der Waals surface area contributed by atoms with Gasteiger partial charge in [-0.25, -0.2) is 0 Å². The minimum atomic E-state index is -0.199. The van der Waals surface area contributed by atoms with Crippen LogP contribution in [0.1, 0.15) is 16.2 Å². The zero-order chi connectivity index (χ0) is 16.2. The molecule has 7 heteroatoms. The van der Waals surface area contributed by atoms with E-state index in [0.29, 0.717) is 21.2 Å². The van der Waals surface area contributed by atoms with Gasteiger partial charge in [0.25, 0.3) is 5.91 Å². The average molecular weight is 345 g/mol. The fourth-order valence-electron chi connectivity index (χ4n) is 2.15. The van der Waals surface area contributed by atoms with E-state index in [-0.39, 0.29) is 12.5 Å². The van der Waals surface area contributed by atoms with Crippen molar-refractivity contribution in [1.29, 1.82) is 0 Å². The standard InChI is InChI=1S/C16H13ClN4OS/c17-12-8-6-11(7-9-12)15(22)18-10-14-19-20-16(23)21(14)13-4-2-1-3-5-13/h1-9H,10H2,(H,18,22)(H,20,23). The second-order valence-electron chi connectivity index (χ2n) is 4.81. The molecule has 0 unspecified atom stereocenters. The summed E-state index contributed by atoms with van der Waals surface area (Å²) in [4.78, 5) is 12.2. The highest BCUT2D eigenvalue weighted by Gasteiger charge is 2.10. The van der Waals surface area contributed by atoms with Crippen molar-refractivity contribution in [3.8, 4) is 5.69 Å². The highest BCUT2D eigenvalue weighted by molar-refractivity contribution is 7.71. The molecule has 2 N–H and O–H groups in total. The van der Waals surface area contributed by atoms with Gasteiger partial charge in [0.15, 0.2) is 10.6 Å². The van der Waals surface area contributed by atoms with E-state index in [2.05, 4.69) is 15.5 Å².